The van der Waals surface area contributed by atoms with Crippen LogP contribution in [0.15, 0.2) is 42.5 Å². The fraction of sp³-hybridized carbons (Fsp3) is 0.318. The second-order valence-corrected chi connectivity index (χ2v) is 7.40. The molecule has 2 heterocycles. The van der Waals surface area contributed by atoms with Gasteiger partial charge in [-0.1, -0.05) is 12.1 Å². The number of amides is 2. The summed E-state index contributed by atoms with van der Waals surface area (Å²) in [5.74, 6) is -0.505. The van der Waals surface area contributed by atoms with Crippen molar-refractivity contribution < 1.29 is 33.7 Å². The number of fused-ring (bicyclic) bond motifs is 1. The smallest absolute Gasteiger partial charge is 0.328 e. The summed E-state index contributed by atoms with van der Waals surface area (Å²) in [6.07, 6.45) is 0.235. The van der Waals surface area contributed by atoms with Crippen LogP contribution in [-0.2, 0) is 25.5 Å². The number of aromatic hydroxyl groups is 1. The van der Waals surface area contributed by atoms with Gasteiger partial charge in [0.15, 0.2) is 11.5 Å². The van der Waals surface area contributed by atoms with Crippen LogP contribution in [-0.4, -0.2) is 49.4 Å². The molecule has 4 rings (SSSR count). The number of hydrogen-bond donors (Lipinski definition) is 2. The number of carbonyl (C=O) groups excluding carboxylic acids is 3. The Labute approximate surface area is 178 Å². The van der Waals surface area contributed by atoms with E-state index in [4.69, 9.17) is 14.2 Å². The largest absolute Gasteiger partial charge is 0.508 e. The Kier molecular flexibility index (Phi) is 5.66. The Balaban J connectivity index is 1.43. The fourth-order valence-corrected chi connectivity index (χ4v) is 3.68. The van der Waals surface area contributed by atoms with Crippen molar-refractivity contribution in [3.8, 4) is 17.2 Å². The molecule has 0 saturated carbocycles. The molecule has 2 aromatic carbocycles. The van der Waals surface area contributed by atoms with E-state index >= 15 is 0 Å². The molecule has 2 amide bonds. The van der Waals surface area contributed by atoms with Crippen LogP contribution in [0.4, 0.5) is 5.69 Å². The van der Waals surface area contributed by atoms with Crippen LogP contribution >= 0.6 is 0 Å². The average molecular weight is 426 g/mol. The second kappa shape index (κ2) is 8.55. The van der Waals surface area contributed by atoms with Crippen LogP contribution < -0.4 is 19.7 Å². The van der Waals surface area contributed by atoms with Crippen molar-refractivity contribution in [3.63, 3.8) is 0 Å². The molecule has 2 N–H and O–H groups in total. The second-order valence-electron chi connectivity index (χ2n) is 7.40. The van der Waals surface area contributed by atoms with Gasteiger partial charge in [-0.05, 0) is 29.8 Å². The van der Waals surface area contributed by atoms with Gasteiger partial charge in [0.1, 0.15) is 11.8 Å². The normalized spacial score (nSPS) is 18.0. The minimum Gasteiger partial charge on any atom is -0.508 e. The summed E-state index contributed by atoms with van der Waals surface area (Å²) in [5, 5.41) is 12.1. The molecule has 2 aliphatic rings. The van der Waals surface area contributed by atoms with E-state index in [0.717, 1.165) is 5.56 Å². The van der Waals surface area contributed by atoms with Gasteiger partial charge < -0.3 is 29.5 Å². The van der Waals surface area contributed by atoms with E-state index in [1.807, 2.05) is 0 Å². The van der Waals surface area contributed by atoms with Crippen molar-refractivity contribution in [3.05, 3.63) is 48.0 Å². The molecule has 2 unspecified atom stereocenters. The lowest BCUT2D eigenvalue weighted by molar-refractivity contribution is -0.145. The molecule has 162 valence electrons. The molecule has 0 aromatic heterocycles. The molecule has 1 saturated heterocycles. The Hall–Kier alpha value is -3.75. The highest BCUT2D eigenvalue weighted by atomic mass is 16.7. The summed E-state index contributed by atoms with van der Waals surface area (Å²) in [4.78, 5) is 39.1. The zero-order valence-corrected chi connectivity index (χ0v) is 16.9. The molecule has 1 fully saturated rings. The number of anilines is 1. The third-order valence-electron chi connectivity index (χ3n) is 5.34. The molecular weight excluding hydrogens is 404 g/mol. The maximum atomic E-state index is 12.8. The summed E-state index contributed by atoms with van der Waals surface area (Å²) in [6, 6.07) is 10.6. The summed E-state index contributed by atoms with van der Waals surface area (Å²) in [6.45, 7) is 0.325. The number of carbonyl (C=O) groups is 3. The van der Waals surface area contributed by atoms with Gasteiger partial charge in [0.25, 0.3) is 0 Å². The average Bonchev–Trinajstić information content (AvgIpc) is 3.40. The molecule has 31 heavy (non-hydrogen) atoms. The van der Waals surface area contributed by atoms with Crippen molar-refractivity contribution >= 4 is 23.5 Å². The number of ether oxygens (including phenoxy) is 3. The molecule has 0 aliphatic carbocycles. The number of benzene rings is 2. The fourth-order valence-electron chi connectivity index (χ4n) is 3.68. The highest BCUT2D eigenvalue weighted by Crippen LogP contribution is 2.37. The number of phenolic OH excluding ortho intramolecular Hbond substituents is 1. The van der Waals surface area contributed by atoms with E-state index in [-0.39, 0.29) is 37.8 Å². The Morgan fingerprint density at radius 3 is 2.68 bits per heavy atom. The summed E-state index contributed by atoms with van der Waals surface area (Å²) >= 11 is 0. The van der Waals surface area contributed by atoms with E-state index in [0.29, 0.717) is 17.2 Å². The highest BCUT2D eigenvalue weighted by Gasteiger charge is 2.37. The first-order valence-electron chi connectivity index (χ1n) is 9.80. The van der Waals surface area contributed by atoms with Crippen LogP contribution in [0.5, 0.6) is 17.2 Å². The maximum Gasteiger partial charge on any atom is 0.328 e. The number of hydrogen-bond acceptors (Lipinski definition) is 7. The minimum atomic E-state index is -0.906. The number of rotatable bonds is 6. The molecule has 0 spiro atoms. The first-order valence-corrected chi connectivity index (χ1v) is 9.80. The third-order valence-corrected chi connectivity index (χ3v) is 5.34. The van der Waals surface area contributed by atoms with Gasteiger partial charge in [0.2, 0.25) is 18.6 Å². The summed E-state index contributed by atoms with van der Waals surface area (Å²) in [5.41, 5.74) is 1.37. The van der Waals surface area contributed by atoms with Crippen molar-refractivity contribution in [1.29, 1.82) is 0 Å². The first-order chi connectivity index (χ1) is 14.9. The van der Waals surface area contributed by atoms with Crippen LogP contribution in [0.1, 0.15) is 12.0 Å². The molecule has 2 aliphatic heterocycles. The van der Waals surface area contributed by atoms with E-state index in [1.165, 1.54) is 24.1 Å². The molecule has 0 bridgehead atoms. The molecule has 0 radical (unpaired) electrons. The Morgan fingerprint density at radius 2 is 1.94 bits per heavy atom. The molecule has 2 atom stereocenters. The van der Waals surface area contributed by atoms with Crippen molar-refractivity contribution in [2.75, 3.05) is 25.3 Å². The van der Waals surface area contributed by atoms with Gasteiger partial charge in [-0.25, -0.2) is 4.79 Å². The predicted octanol–water partition coefficient (Wildman–Crippen LogP) is 1.37. The lowest BCUT2D eigenvalue weighted by Crippen LogP contribution is -2.46. The highest BCUT2D eigenvalue weighted by molar-refractivity contribution is 6.01. The molecular formula is C22H22N2O7. The van der Waals surface area contributed by atoms with Crippen LogP contribution in [0.25, 0.3) is 0 Å². The number of phenols is 1. The van der Waals surface area contributed by atoms with Gasteiger partial charge in [-0.15, -0.1) is 0 Å². The molecule has 9 heteroatoms. The van der Waals surface area contributed by atoms with E-state index in [9.17, 15) is 19.5 Å². The Bertz CT molecular complexity index is 1010. The maximum absolute atomic E-state index is 12.8. The number of methoxy groups -OCH3 is 1. The number of esters is 1. The standard InChI is InChI=1S/C22H22N2O7/c1-29-22(28)17(8-13-2-5-16(25)6-3-13)23-21(27)14-9-20(26)24(11-14)15-4-7-18-19(10-15)31-12-30-18/h2-7,10,14,17,25H,8-9,11-12H2,1H3,(H,23,27). The van der Waals surface area contributed by atoms with E-state index < -0.39 is 23.8 Å². The van der Waals surface area contributed by atoms with Crippen LogP contribution in [0.3, 0.4) is 0 Å². The molecule has 9 nitrogen and oxygen atoms in total. The zero-order valence-electron chi connectivity index (χ0n) is 16.9. The number of nitrogens with one attached hydrogen (secondary N) is 1. The summed E-state index contributed by atoms with van der Waals surface area (Å²) in [7, 11) is 1.25. The Morgan fingerprint density at radius 1 is 1.19 bits per heavy atom. The van der Waals surface area contributed by atoms with Gasteiger partial charge in [0, 0.05) is 31.1 Å². The third kappa shape index (κ3) is 4.40. The van der Waals surface area contributed by atoms with E-state index in [1.54, 1.807) is 30.3 Å². The van der Waals surface area contributed by atoms with Gasteiger partial charge >= 0.3 is 5.97 Å². The van der Waals surface area contributed by atoms with Crippen molar-refractivity contribution in [2.45, 2.75) is 18.9 Å². The minimum absolute atomic E-state index is 0.0351. The van der Waals surface area contributed by atoms with E-state index in [2.05, 4.69) is 5.32 Å². The quantitative estimate of drug-likeness (QED) is 0.671. The molecule has 2 aromatic rings. The monoisotopic (exact) mass is 426 g/mol. The van der Waals surface area contributed by atoms with Gasteiger partial charge in [-0.2, -0.15) is 0 Å². The lowest BCUT2D eigenvalue weighted by atomic mass is 10.0. The van der Waals surface area contributed by atoms with Gasteiger partial charge in [0.05, 0.1) is 13.0 Å². The van der Waals surface area contributed by atoms with Crippen LogP contribution in [0, 0.1) is 5.92 Å². The SMILES string of the molecule is COC(=O)C(Cc1ccc(O)cc1)NC(=O)C1CC(=O)N(c2ccc3c(c2)OCO3)C1. The van der Waals surface area contributed by atoms with Crippen LogP contribution in [0.2, 0.25) is 0 Å². The zero-order chi connectivity index (χ0) is 22.0. The number of nitrogens with zero attached hydrogens (tertiary/aromatic N) is 1. The first kappa shape index (κ1) is 20.5. The van der Waals surface area contributed by atoms with Gasteiger partial charge in [-0.3, -0.25) is 9.59 Å². The topological polar surface area (TPSA) is 114 Å². The lowest BCUT2D eigenvalue weighted by Gasteiger charge is -2.20. The van der Waals surface area contributed by atoms with Crippen molar-refractivity contribution in [2.24, 2.45) is 5.92 Å². The predicted molar refractivity (Wildman–Crippen MR) is 109 cm³/mol. The van der Waals surface area contributed by atoms with Crippen molar-refractivity contribution in [1.82, 2.24) is 5.32 Å². The summed E-state index contributed by atoms with van der Waals surface area (Å²) < 4.78 is 15.5.